The fraction of sp³-hybridized carbons (Fsp3) is 0.125. The van der Waals surface area contributed by atoms with E-state index < -0.39 is 18.0 Å². The molecule has 30 heavy (non-hydrogen) atoms. The summed E-state index contributed by atoms with van der Waals surface area (Å²) in [6, 6.07) is 26.1. The van der Waals surface area contributed by atoms with Gasteiger partial charge in [-0.2, -0.15) is 0 Å². The number of ether oxygens (including phenoxy) is 2. The molecule has 0 unspecified atom stereocenters. The zero-order valence-corrected chi connectivity index (χ0v) is 17.0. The molecule has 152 valence electrons. The van der Waals surface area contributed by atoms with Crippen molar-refractivity contribution in [1.82, 2.24) is 5.32 Å². The van der Waals surface area contributed by atoms with E-state index in [1.54, 1.807) is 12.1 Å². The number of carbonyl (C=O) groups excluding carboxylic acids is 2. The van der Waals surface area contributed by atoms with Crippen LogP contribution in [0, 0.1) is 0 Å². The van der Waals surface area contributed by atoms with Crippen LogP contribution in [0.25, 0.3) is 0 Å². The molecule has 3 aromatic rings. The van der Waals surface area contributed by atoms with Crippen LogP contribution in [-0.4, -0.2) is 23.0 Å². The Bertz CT molecular complexity index is 922. The second kappa shape index (κ2) is 10.9. The van der Waals surface area contributed by atoms with Crippen molar-refractivity contribution in [2.24, 2.45) is 0 Å². The van der Waals surface area contributed by atoms with Gasteiger partial charge in [0.05, 0.1) is 0 Å². The van der Waals surface area contributed by atoms with Crippen LogP contribution in [-0.2, 0) is 32.3 Å². The second-order valence-corrected chi connectivity index (χ2v) is 6.87. The van der Waals surface area contributed by atoms with Crippen molar-refractivity contribution in [3.63, 3.8) is 0 Å². The second-order valence-electron chi connectivity index (χ2n) is 6.46. The lowest BCUT2D eigenvalue weighted by Gasteiger charge is -2.18. The molecule has 0 atom stereocenters. The zero-order chi connectivity index (χ0) is 21.2. The van der Waals surface area contributed by atoms with Crippen molar-refractivity contribution < 1.29 is 19.1 Å². The minimum Gasteiger partial charge on any atom is -0.459 e. The van der Waals surface area contributed by atoms with Crippen LogP contribution >= 0.6 is 12.2 Å². The van der Waals surface area contributed by atoms with Gasteiger partial charge in [-0.1, -0.05) is 103 Å². The summed E-state index contributed by atoms with van der Waals surface area (Å²) in [5, 5.41) is 2.79. The lowest BCUT2D eigenvalue weighted by Crippen LogP contribution is -2.47. The molecule has 6 heteroatoms. The lowest BCUT2D eigenvalue weighted by molar-refractivity contribution is -0.159. The summed E-state index contributed by atoms with van der Waals surface area (Å²) < 4.78 is 10.7. The van der Waals surface area contributed by atoms with Gasteiger partial charge in [0.1, 0.15) is 18.2 Å². The quantitative estimate of drug-likeness (QED) is 0.340. The third kappa shape index (κ3) is 6.25. The number of rotatable bonds is 8. The first-order chi connectivity index (χ1) is 14.6. The molecule has 0 aliphatic carbocycles. The van der Waals surface area contributed by atoms with Gasteiger partial charge in [0.15, 0.2) is 0 Å². The summed E-state index contributed by atoms with van der Waals surface area (Å²) in [5.41, 5.74) is 2.31. The molecule has 0 aromatic heterocycles. The SMILES string of the molecule is O=C(OCc1ccccc1)C(NC(=S)c1ccccc1)C(=O)OCc1ccccc1. The van der Waals surface area contributed by atoms with E-state index >= 15 is 0 Å². The highest BCUT2D eigenvalue weighted by Crippen LogP contribution is 2.07. The Morgan fingerprint density at radius 1 is 0.700 bits per heavy atom. The number of carbonyl (C=O) groups is 2. The van der Waals surface area contributed by atoms with Crippen LogP contribution in [0.2, 0.25) is 0 Å². The van der Waals surface area contributed by atoms with E-state index in [4.69, 9.17) is 21.7 Å². The highest BCUT2D eigenvalue weighted by atomic mass is 32.1. The van der Waals surface area contributed by atoms with Crippen LogP contribution in [0.4, 0.5) is 0 Å². The Morgan fingerprint density at radius 3 is 1.53 bits per heavy atom. The van der Waals surface area contributed by atoms with Crippen molar-refractivity contribution in [3.8, 4) is 0 Å². The summed E-state index contributed by atoms with van der Waals surface area (Å²) in [6.07, 6.45) is 0. The predicted molar refractivity (Wildman–Crippen MR) is 118 cm³/mol. The first-order valence-corrected chi connectivity index (χ1v) is 9.81. The molecule has 0 bridgehead atoms. The molecule has 0 aliphatic rings. The normalized spacial score (nSPS) is 10.3. The van der Waals surface area contributed by atoms with Crippen LogP contribution in [0.1, 0.15) is 16.7 Å². The Balaban J connectivity index is 1.68. The van der Waals surface area contributed by atoms with E-state index in [1.165, 1.54) is 0 Å². The monoisotopic (exact) mass is 419 g/mol. The minimum atomic E-state index is -1.37. The van der Waals surface area contributed by atoms with E-state index in [1.807, 2.05) is 78.9 Å². The van der Waals surface area contributed by atoms with Gasteiger partial charge in [0.2, 0.25) is 6.04 Å². The molecule has 0 saturated carbocycles. The van der Waals surface area contributed by atoms with Gasteiger partial charge in [-0.3, -0.25) is 0 Å². The maximum Gasteiger partial charge on any atom is 0.340 e. The van der Waals surface area contributed by atoms with Gasteiger partial charge in [-0.05, 0) is 11.1 Å². The van der Waals surface area contributed by atoms with Gasteiger partial charge in [0.25, 0.3) is 0 Å². The number of hydrogen-bond donors (Lipinski definition) is 1. The summed E-state index contributed by atoms with van der Waals surface area (Å²) in [6.45, 7) is 0.0871. The lowest BCUT2D eigenvalue weighted by atomic mass is 10.2. The largest absolute Gasteiger partial charge is 0.459 e. The summed E-state index contributed by atoms with van der Waals surface area (Å²) in [4.78, 5) is 25.6. The van der Waals surface area contributed by atoms with Crippen molar-refractivity contribution in [2.75, 3.05) is 0 Å². The Hall–Kier alpha value is -3.51. The fourth-order valence-corrected chi connectivity index (χ4v) is 2.90. The maximum atomic E-state index is 12.7. The molecule has 0 heterocycles. The Labute approximate surface area is 180 Å². The predicted octanol–water partition coefficient (Wildman–Crippen LogP) is 3.81. The number of benzene rings is 3. The molecule has 3 rings (SSSR count). The van der Waals surface area contributed by atoms with Gasteiger partial charge >= 0.3 is 11.9 Å². The average Bonchev–Trinajstić information content (AvgIpc) is 2.81. The molecule has 0 aliphatic heterocycles. The van der Waals surface area contributed by atoms with E-state index in [0.717, 1.165) is 11.1 Å². The number of esters is 2. The topological polar surface area (TPSA) is 64.6 Å². The number of hydrogen-bond acceptors (Lipinski definition) is 5. The first kappa shape index (κ1) is 21.2. The Morgan fingerprint density at radius 2 is 1.10 bits per heavy atom. The maximum absolute atomic E-state index is 12.7. The molecule has 0 radical (unpaired) electrons. The van der Waals surface area contributed by atoms with Gasteiger partial charge < -0.3 is 14.8 Å². The first-order valence-electron chi connectivity index (χ1n) is 9.40. The molecule has 0 saturated heterocycles. The standard InChI is InChI=1S/C24H21NO4S/c26-23(28-16-18-10-4-1-5-11-18)21(25-22(30)20-14-8-3-9-15-20)24(27)29-17-19-12-6-2-7-13-19/h1-15,21H,16-17H2,(H,25,30). The molecule has 3 aromatic carbocycles. The van der Waals surface area contributed by atoms with Gasteiger partial charge in [-0.15, -0.1) is 0 Å². The summed E-state index contributed by atoms with van der Waals surface area (Å²) >= 11 is 5.36. The zero-order valence-electron chi connectivity index (χ0n) is 16.2. The van der Waals surface area contributed by atoms with Crippen LogP contribution in [0.5, 0.6) is 0 Å². The van der Waals surface area contributed by atoms with Crippen LogP contribution < -0.4 is 5.32 Å². The number of nitrogens with one attached hydrogen (secondary N) is 1. The number of thiocarbonyl (C=S) groups is 1. The van der Waals surface area contributed by atoms with Crippen molar-refractivity contribution in [2.45, 2.75) is 19.3 Å². The molecular formula is C24H21NO4S. The average molecular weight is 420 g/mol. The molecule has 0 spiro atoms. The Kier molecular flexibility index (Phi) is 7.69. The van der Waals surface area contributed by atoms with Gasteiger partial charge in [0, 0.05) is 5.56 Å². The van der Waals surface area contributed by atoms with Crippen molar-refractivity contribution in [3.05, 3.63) is 108 Å². The van der Waals surface area contributed by atoms with E-state index in [-0.39, 0.29) is 18.2 Å². The van der Waals surface area contributed by atoms with E-state index in [0.29, 0.717) is 5.56 Å². The molecule has 0 fully saturated rings. The van der Waals surface area contributed by atoms with Crippen LogP contribution in [0.15, 0.2) is 91.0 Å². The smallest absolute Gasteiger partial charge is 0.340 e. The summed E-state index contributed by atoms with van der Waals surface area (Å²) in [7, 11) is 0. The van der Waals surface area contributed by atoms with Crippen LogP contribution in [0.3, 0.4) is 0 Å². The summed E-state index contributed by atoms with van der Waals surface area (Å²) in [5.74, 6) is -1.51. The van der Waals surface area contributed by atoms with E-state index in [2.05, 4.69) is 5.32 Å². The van der Waals surface area contributed by atoms with Gasteiger partial charge in [-0.25, -0.2) is 9.59 Å². The van der Waals surface area contributed by atoms with E-state index in [9.17, 15) is 9.59 Å². The fourth-order valence-electron chi connectivity index (χ4n) is 2.64. The molecule has 5 nitrogen and oxygen atoms in total. The molecule has 1 N–H and O–H groups in total. The third-order valence-electron chi connectivity index (χ3n) is 4.23. The third-order valence-corrected chi connectivity index (χ3v) is 4.58. The van der Waals surface area contributed by atoms with Crippen molar-refractivity contribution >= 4 is 29.1 Å². The van der Waals surface area contributed by atoms with Crippen molar-refractivity contribution in [1.29, 1.82) is 0 Å². The molecule has 0 amide bonds. The molecular weight excluding hydrogens is 398 g/mol. The highest BCUT2D eigenvalue weighted by Gasteiger charge is 2.31. The minimum absolute atomic E-state index is 0.0436. The highest BCUT2D eigenvalue weighted by molar-refractivity contribution is 7.80.